The zero-order valence-electron chi connectivity index (χ0n) is 17.1. The van der Waals surface area contributed by atoms with Crippen LogP contribution in [0.25, 0.3) is 0 Å². The Kier molecular flexibility index (Phi) is 7.45. The summed E-state index contributed by atoms with van der Waals surface area (Å²) in [5.74, 6) is 2.19. The molecule has 0 bridgehead atoms. The van der Waals surface area contributed by atoms with Crippen molar-refractivity contribution in [2.45, 2.75) is 40.2 Å². The maximum atomic E-state index is 12.4. The van der Waals surface area contributed by atoms with Crippen LogP contribution < -0.4 is 10.1 Å². The molecule has 1 aromatic carbocycles. The summed E-state index contributed by atoms with van der Waals surface area (Å²) in [4.78, 5) is 19.4. The SMILES string of the molecule is Cc1nc(COc2cccc(C(=O)NCCCN3CC(C)CC(C)C3)c2)cs1. The Bertz CT molecular complexity index is 767. The number of carbonyl (C=O) groups excluding carboxylic acids is 1. The quantitative estimate of drug-likeness (QED) is 0.676. The van der Waals surface area contributed by atoms with Crippen molar-refractivity contribution in [1.29, 1.82) is 0 Å². The molecule has 1 aliphatic heterocycles. The second-order valence-corrected chi connectivity index (χ2v) is 9.05. The monoisotopic (exact) mass is 401 g/mol. The lowest BCUT2D eigenvalue weighted by atomic mass is 9.92. The standard InChI is InChI=1S/C22H31N3O2S/c1-16-10-17(2)13-25(12-16)9-5-8-23-22(26)19-6-4-7-21(11-19)27-14-20-15-28-18(3)24-20/h4,6-7,11,15-17H,5,8-10,12-14H2,1-3H3,(H,23,26). The number of aromatic nitrogens is 1. The van der Waals surface area contributed by atoms with Crippen LogP contribution in [0.4, 0.5) is 0 Å². The summed E-state index contributed by atoms with van der Waals surface area (Å²) in [5.41, 5.74) is 1.55. The maximum absolute atomic E-state index is 12.4. The van der Waals surface area contributed by atoms with Crippen LogP contribution in [0.15, 0.2) is 29.6 Å². The number of hydrogen-bond donors (Lipinski definition) is 1. The molecular weight excluding hydrogens is 370 g/mol. The molecule has 2 heterocycles. The Labute approximate surface area is 172 Å². The number of nitrogens with one attached hydrogen (secondary N) is 1. The van der Waals surface area contributed by atoms with E-state index in [-0.39, 0.29) is 5.91 Å². The second kappa shape index (κ2) is 10.0. The van der Waals surface area contributed by atoms with Gasteiger partial charge in [-0.15, -0.1) is 11.3 Å². The summed E-state index contributed by atoms with van der Waals surface area (Å²) < 4.78 is 5.78. The summed E-state index contributed by atoms with van der Waals surface area (Å²) >= 11 is 1.61. The Morgan fingerprint density at radius 1 is 1.32 bits per heavy atom. The highest BCUT2D eigenvalue weighted by Crippen LogP contribution is 2.21. The molecule has 1 fully saturated rings. The third-order valence-corrected chi connectivity index (χ3v) is 5.85. The zero-order valence-corrected chi connectivity index (χ0v) is 17.9. The summed E-state index contributed by atoms with van der Waals surface area (Å²) in [6, 6.07) is 7.34. The molecule has 1 aliphatic rings. The molecule has 0 saturated carbocycles. The van der Waals surface area contributed by atoms with E-state index in [0.717, 1.165) is 35.5 Å². The molecule has 0 radical (unpaired) electrons. The summed E-state index contributed by atoms with van der Waals surface area (Å²) in [5, 5.41) is 6.06. The first-order chi connectivity index (χ1) is 13.5. The van der Waals surface area contributed by atoms with E-state index in [0.29, 0.717) is 24.5 Å². The van der Waals surface area contributed by atoms with Crippen molar-refractivity contribution in [3.05, 3.63) is 45.9 Å². The van der Waals surface area contributed by atoms with Crippen molar-refractivity contribution in [2.75, 3.05) is 26.2 Å². The highest BCUT2D eigenvalue weighted by molar-refractivity contribution is 7.09. The highest BCUT2D eigenvalue weighted by atomic mass is 32.1. The first kappa shape index (κ1) is 20.8. The predicted molar refractivity (Wildman–Crippen MR) is 114 cm³/mol. The molecule has 152 valence electrons. The molecule has 2 atom stereocenters. The Balaban J connectivity index is 1.41. The van der Waals surface area contributed by atoms with Gasteiger partial charge >= 0.3 is 0 Å². The van der Waals surface area contributed by atoms with E-state index in [2.05, 4.69) is 29.0 Å². The highest BCUT2D eigenvalue weighted by Gasteiger charge is 2.21. The number of ether oxygens (including phenoxy) is 1. The molecule has 0 aliphatic carbocycles. The van der Waals surface area contributed by atoms with Crippen LogP contribution in [0.3, 0.4) is 0 Å². The molecule has 3 rings (SSSR count). The number of aryl methyl sites for hydroxylation is 1. The fourth-order valence-corrected chi connectivity index (χ4v) is 4.54. The van der Waals surface area contributed by atoms with Gasteiger partial charge in [0.1, 0.15) is 12.4 Å². The zero-order chi connectivity index (χ0) is 19.9. The number of thiazole rings is 1. The van der Waals surface area contributed by atoms with Gasteiger partial charge in [-0.25, -0.2) is 4.98 Å². The van der Waals surface area contributed by atoms with Crippen LogP contribution in [-0.2, 0) is 6.61 Å². The molecule has 2 aromatic rings. The summed E-state index contributed by atoms with van der Waals surface area (Å²) in [6.07, 6.45) is 2.30. The number of carbonyl (C=O) groups is 1. The van der Waals surface area contributed by atoms with E-state index in [1.165, 1.54) is 19.5 Å². The van der Waals surface area contributed by atoms with Gasteiger partial charge in [0.15, 0.2) is 0 Å². The number of hydrogen-bond acceptors (Lipinski definition) is 5. The number of benzene rings is 1. The van der Waals surface area contributed by atoms with Crippen molar-refractivity contribution in [3.63, 3.8) is 0 Å². The van der Waals surface area contributed by atoms with Crippen molar-refractivity contribution in [2.24, 2.45) is 11.8 Å². The van der Waals surface area contributed by atoms with E-state index in [1.54, 1.807) is 17.4 Å². The van der Waals surface area contributed by atoms with Crippen molar-refractivity contribution < 1.29 is 9.53 Å². The van der Waals surface area contributed by atoms with Crippen LogP contribution in [0.2, 0.25) is 0 Å². The molecule has 1 aromatic heterocycles. The van der Waals surface area contributed by atoms with E-state index in [9.17, 15) is 4.79 Å². The Hall–Kier alpha value is -1.92. The predicted octanol–water partition coefficient (Wildman–Crippen LogP) is 4.13. The van der Waals surface area contributed by atoms with E-state index in [1.807, 2.05) is 30.5 Å². The number of rotatable bonds is 8. The molecule has 0 spiro atoms. The molecule has 2 unspecified atom stereocenters. The first-order valence-electron chi connectivity index (χ1n) is 10.1. The molecule has 1 N–H and O–H groups in total. The van der Waals surface area contributed by atoms with E-state index in [4.69, 9.17) is 4.74 Å². The molecule has 5 nitrogen and oxygen atoms in total. The fraction of sp³-hybridized carbons (Fsp3) is 0.545. The van der Waals surface area contributed by atoms with Gasteiger partial charge in [0.25, 0.3) is 5.91 Å². The summed E-state index contributed by atoms with van der Waals surface area (Å²) in [6.45, 7) is 11.1. The van der Waals surface area contributed by atoms with Crippen LogP contribution in [0, 0.1) is 18.8 Å². The van der Waals surface area contributed by atoms with Gasteiger partial charge in [-0.05, 0) is 56.3 Å². The lowest BCUT2D eigenvalue weighted by Gasteiger charge is -2.34. The molecular formula is C22H31N3O2S. The number of nitrogens with zero attached hydrogens (tertiary/aromatic N) is 2. The average molecular weight is 402 g/mol. The fourth-order valence-electron chi connectivity index (χ4n) is 3.94. The van der Waals surface area contributed by atoms with E-state index >= 15 is 0 Å². The minimum atomic E-state index is -0.0460. The third-order valence-electron chi connectivity index (χ3n) is 5.03. The first-order valence-corrected chi connectivity index (χ1v) is 11.0. The smallest absolute Gasteiger partial charge is 0.251 e. The normalized spacial score (nSPS) is 20.1. The van der Waals surface area contributed by atoms with Crippen LogP contribution >= 0.6 is 11.3 Å². The largest absolute Gasteiger partial charge is 0.487 e. The van der Waals surface area contributed by atoms with Gasteiger partial charge < -0.3 is 15.0 Å². The minimum absolute atomic E-state index is 0.0460. The van der Waals surface area contributed by atoms with Crippen LogP contribution in [0.1, 0.15) is 47.7 Å². The Morgan fingerprint density at radius 2 is 2.11 bits per heavy atom. The molecule has 1 amide bonds. The molecule has 28 heavy (non-hydrogen) atoms. The van der Waals surface area contributed by atoms with Crippen molar-refractivity contribution >= 4 is 17.2 Å². The molecule has 6 heteroatoms. The number of piperidine rings is 1. The second-order valence-electron chi connectivity index (χ2n) is 7.99. The van der Waals surface area contributed by atoms with Gasteiger partial charge in [-0.2, -0.15) is 0 Å². The van der Waals surface area contributed by atoms with Gasteiger partial charge in [-0.1, -0.05) is 19.9 Å². The average Bonchev–Trinajstić information content (AvgIpc) is 3.08. The van der Waals surface area contributed by atoms with Gasteiger partial charge in [0.2, 0.25) is 0 Å². The van der Waals surface area contributed by atoms with Gasteiger partial charge in [0, 0.05) is 30.6 Å². The van der Waals surface area contributed by atoms with Crippen LogP contribution in [-0.4, -0.2) is 42.0 Å². The van der Waals surface area contributed by atoms with E-state index < -0.39 is 0 Å². The topological polar surface area (TPSA) is 54.5 Å². The Morgan fingerprint density at radius 3 is 2.82 bits per heavy atom. The lowest BCUT2D eigenvalue weighted by Crippen LogP contribution is -2.40. The molecule has 1 saturated heterocycles. The number of amides is 1. The van der Waals surface area contributed by atoms with Crippen molar-refractivity contribution in [1.82, 2.24) is 15.2 Å². The number of likely N-dealkylation sites (tertiary alicyclic amines) is 1. The van der Waals surface area contributed by atoms with Gasteiger partial charge in [0.05, 0.1) is 10.7 Å². The third kappa shape index (κ3) is 6.31. The minimum Gasteiger partial charge on any atom is -0.487 e. The van der Waals surface area contributed by atoms with Crippen molar-refractivity contribution in [3.8, 4) is 5.75 Å². The summed E-state index contributed by atoms with van der Waals surface area (Å²) in [7, 11) is 0. The maximum Gasteiger partial charge on any atom is 0.251 e. The van der Waals surface area contributed by atoms with Gasteiger partial charge in [-0.3, -0.25) is 4.79 Å². The van der Waals surface area contributed by atoms with Crippen LogP contribution in [0.5, 0.6) is 5.75 Å². The lowest BCUT2D eigenvalue weighted by molar-refractivity contribution is 0.0947.